The molecular weight excluding hydrogens is 358 g/mol. The Labute approximate surface area is 167 Å². The molecule has 1 aliphatic carbocycles. The van der Waals surface area contributed by atoms with Crippen molar-refractivity contribution >= 4 is 17.5 Å². The third kappa shape index (κ3) is 4.73. The van der Waals surface area contributed by atoms with E-state index in [-0.39, 0.29) is 5.91 Å². The summed E-state index contributed by atoms with van der Waals surface area (Å²) in [5.41, 5.74) is 2.35. The van der Waals surface area contributed by atoms with Gasteiger partial charge in [0.15, 0.2) is 0 Å². The second kappa shape index (κ2) is 9.41. The molecule has 27 heavy (non-hydrogen) atoms. The predicted octanol–water partition coefficient (Wildman–Crippen LogP) is 5.62. The molecule has 0 aliphatic heterocycles. The van der Waals surface area contributed by atoms with Gasteiger partial charge in [0.1, 0.15) is 11.5 Å². The summed E-state index contributed by atoms with van der Waals surface area (Å²) in [6, 6.07) is 7.76. The molecular formula is C22H30ClN3O. The fourth-order valence-electron chi connectivity index (χ4n) is 3.91. The summed E-state index contributed by atoms with van der Waals surface area (Å²) in [6.45, 7) is 5.71. The highest BCUT2D eigenvalue weighted by molar-refractivity contribution is 6.33. The smallest absolute Gasteiger partial charge is 0.271 e. The molecule has 0 atom stereocenters. The minimum Gasteiger partial charge on any atom is -0.351 e. The van der Waals surface area contributed by atoms with Gasteiger partial charge in [0.25, 0.3) is 5.91 Å². The maximum atomic E-state index is 12.7. The Balaban J connectivity index is 1.95. The number of imidazole rings is 1. The van der Waals surface area contributed by atoms with E-state index in [0.717, 1.165) is 36.5 Å². The van der Waals surface area contributed by atoms with Crippen LogP contribution >= 0.6 is 11.6 Å². The number of nitrogens with one attached hydrogen (secondary N) is 1. The highest BCUT2D eigenvalue weighted by Gasteiger charge is 2.24. The number of aromatic nitrogens is 2. The maximum Gasteiger partial charge on any atom is 0.271 e. The molecule has 3 rings (SSSR count). The summed E-state index contributed by atoms with van der Waals surface area (Å²) in [5, 5.41) is 3.67. The van der Waals surface area contributed by atoms with Crippen molar-refractivity contribution in [2.24, 2.45) is 5.92 Å². The van der Waals surface area contributed by atoms with Crippen LogP contribution in [0.3, 0.4) is 0 Å². The number of nitrogens with zero attached hydrogens (tertiary/aromatic N) is 2. The minimum atomic E-state index is -0.0864. The normalized spacial score (nSPS) is 15.1. The van der Waals surface area contributed by atoms with Crippen LogP contribution in [0.4, 0.5) is 0 Å². The summed E-state index contributed by atoms with van der Waals surface area (Å²) in [4.78, 5) is 17.4. The van der Waals surface area contributed by atoms with E-state index >= 15 is 0 Å². The Morgan fingerprint density at radius 3 is 2.70 bits per heavy atom. The van der Waals surface area contributed by atoms with Gasteiger partial charge in [0.05, 0.1) is 5.02 Å². The van der Waals surface area contributed by atoms with Gasteiger partial charge in [0, 0.05) is 24.3 Å². The summed E-state index contributed by atoms with van der Waals surface area (Å²) in [5.74, 6) is 1.37. The van der Waals surface area contributed by atoms with Crippen molar-refractivity contribution in [2.75, 3.05) is 6.54 Å². The Morgan fingerprint density at radius 1 is 1.26 bits per heavy atom. The van der Waals surface area contributed by atoms with Gasteiger partial charge in [-0.25, -0.2) is 4.98 Å². The Morgan fingerprint density at radius 2 is 2.00 bits per heavy atom. The lowest BCUT2D eigenvalue weighted by atomic mass is 9.89. The van der Waals surface area contributed by atoms with E-state index in [1.165, 1.54) is 32.1 Å². The number of carbonyl (C=O) groups excluding carboxylic acids is 1. The zero-order valence-electron chi connectivity index (χ0n) is 16.4. The number of halogens is 1. The van der Waals surface area contributed by atoms with E-state index < -0.39 is 0 Å². The molecule has 0 unspecified atom stereocenters. The van der Waals surface area contributed by atoms with Crippen LogP contribution in [0.25, 0.3) is 11.4 Å². The summed E-state index contributed by atoms with van der Waals surface area (Å²) >= 11 is 6.46. The molecule has 0 saturated heterocycles. The van der Waals surface area contributed by atoms with Crippen molar-refractivity contribution in [3.63, 3.8) is 0 Å². The van der Waals surface area contributed by atoms with Crippen LogP contribution < -0.4 is 5.32 Å². The SMILES string of the molecule is CCCCNC(=O)c1nc(-c2ccccc2Cl)n(CC2CCCCC2)c1C. The van der Waals surface area contributed by atoms with Crippen molar-refractivity contribution in [1.29, 1.82) is 0 Å². The Kier molecular flexibility index (Phi) is 6.95. The molecule has 5 heteroatoms. The van der Waals surface area contributed by atoms with Crippen LogP contribution in [-0.4, -0.2) is 22.0 Å². The fraction of sp³-hybridized carbons (Fsp3) is 0.545. The first kappa shape index (κ1) is 19.9. The van der Waals surface area contributed by atoms with Crippen molar-refractivity contribution < 1.29 is 4.79 Å². The second-order valence-electron chi connectivity index (χ2n) is 7.57. The molecule has 1 fully saturated rings. The molecule has 1 amide bonds. The lowest BCUT2D eigenvalue weighted by Crippen LogP contribution is -2.25. The zero-order valence-corrected chi connectivity index (χ0v) is 17.2. The number of benzene rings is 1. The molecule has 0 radical (unpaired) electrons. The van der Waals surface area contributed by atoms with Crippen LogP contribution in [0.5, 0.6) is 0 Å². The number of carbonyl (C=O) groups is 1. The van der Waals surface area contributed by atoms with Crippen molar-refractivity contribution in [3.8, 4) is 11.4 Å². The lowest BCUT2D eigenvalue weighted by molar-refractivity contribution is 0.0948. The molecule has 1 saturated carbocycles. The van der Waals surface area contributed by atoms with E-state index in [1.54, 1.807) is 0 Å². The molecule has 1 heterocycles. The standard InChI is InChI=1S/C22H30ClN3O/c1-3-4-14-24-22(27)20-16(2)26(15-17-10-6-5-7-11-17)21(25-20)18-12-8-9-13-19(18)23/h8-9,12-13,17H,3-7,10-11,14-15H2,1-2H3,(H,24,27). The first-order valence-electron chi connectivity index (χ1n) is 10.2. The number of hydrogen-bond acceptors (Lipinski definition) is 2. The van der Waals surface area contributed by atoms with Crippen molar-refractivity contribution in [2.45, 2.75) is 65.3 Å². The van der Waals surface area contributed by atoms with Crippen LogP contribution in [0.2, 0.25) is 5.02 Å². The Bertz CT molecular complexity index is 778. The number of unbranched alkanes of at least 4 members (excludes halogenated alkanes) is 1. The summed E-state index contributed by atoms with van der Waals surface area (Å²) < 4.78 is 2.21. The van der Waals surface area contributed by atoms with Crippen LogP contribution in [0, 0.1) is 12.8 Å². The van der Waals surface area contributed by atoms with E-state index in [2.05, 4.69) is 16.8 Å². The van der Waals surface area contributed by atoms with Gasteiger partial charge in [-0.15, -0.1) is 0 Å². The average Bonchev–Trinajstić information content (AvgIpc) is 3.00. The molecule has 1 N–H and O–H groups in total. The van der Waals surface area contributed by atoms with Crippen molar-refractivity contribution in [3.05, 3.63) is 40.7 Å². The molecule has 4 nitrogen and oxygen atoms in total. The molecule has 1 aromatic heterocycles. The maximum absolute atomic E-state index is 12.7. The van der Waals surface area contributed by atoms with Gasteiger partial charge in [0.2, 0.25) is 0 Å². The number of rotatable bonds is 7. The summed E-state index contributed by atoms with van der Waals surface area (Å²) in [6.07, 6.45) is 8.46. The molecule has 0 bridgehead atoms. The van der Waals surface area contributed by atoms with Gasteiger partial charge < -0.3 is 9.88 Å². The monoisotopic (exact) mass is 387 g/mol. The van der Waals surface area contributed by atoms with Gasteiger partial charge in [-0.1, -0.05) is 56.3 Å². The first-order valence-corrected chi connectivity index (χ1v) is 10.6. The number of amides is 1. The topological polar surface area (TPSA) is 46.9 Å². The summed E-state index contributed by atoms with van der Waals surface area (Å²) in [7, 11) is 0. The number of hydrogen-bond donors (Lipinski definition) is 1. The lowest BCUT2D eigenvalue weighted by Gasteiger charge is -2.23. The highest BCUT2D eigenvalue weighted by atomic mass is 35.5. The predicted molar refractivity (Wildman–Crippen MR) is 111 cm³/mol. The largest absolute Gasteiger partial charge is 0.351 e. The van der Waals surface area contributed by atoms with Gasteiger partial charge in [-0.05, 0) is 44.2 Å². The van der Waals surface area contributed by atoms with E-state index in [1.807, 2.05) is 31.2 Å². The molecule has 2 aromatic rings. The zero-order chi connectivity index (χ0) is 19.2. The van der Waals surface area contributed by atoms with Gasteiger partial charge in [-0.2, -0.15) is 0 Å². The first-order chi connectivity index (χ1) is 13.1. The van der Waals surface area contributed by atoms with Crippen LogP contribution in [0.15, 0.2) is 24.3 Å². The van der Waals surface area contributed by atoms with E-state index in [9.17, 15) is 4.79 Å². The average molecular weight is 388 g/mol. The van der Waals surface area contributed by atoms with Gasteiger partial charge in [-0.3, -0.25) is 4.79 Å². The van der Waals surface area contributed by atoms with Gasteiger partial charge >= 0.3 is 0 Å². The van der Waals surface area contributed by atoms with Crippen LogP contribution in [-0.2, 0) is 6.54 Å². The molecule has 1 aliphatic rings. The van der Waals surface area contributed by atoms with Crippen molar-refractivity contribution in [1.82, 2.24) is 14.9 Å². The van der Waals surface area contributed by atoms with E-state index in [0.29, 0.717) is 23.2 Å². The molecule has 1 aromatic carbocycles. The quantitative estimate of drug-likeness (QED) is 0.626. The minimum absolute atomic E-state index is 0.0864. The second-order valence-corrected chi connectivity index (χ2v) is 7.98. The Hall–Kier alpha value is -1.81. The van der Waals surface area contributed by atoms with Crippen LogP contribution in [0.1, 0.15) is 68.1 Å². The molecule has 0 spiro atoms. The third-order valence-corrected chi connectivity index (χ3v) is 5.86. The van der Waals surface area contributed by atoms with E-state index in [4.69, 9.17) is 16.6 Å². The highest BCUT2D eigenvalue weighted by Crippen LogP contribution is 2.32. The molecule has 146 valence electrons. The fourth-order valence-corrected chi connectivity index (χ4v) is 4.13. The third-order valence-electron chi connectivity index (χ3n) is 5.53.